The summed E-state index contributed by atoms with van der Waals surface area (Å²) >= 11 is 0. The molecule has 0 radical (unpaired) electrons. The third kappa shape index (κ3) is 6.09. The van der Waals surface area contributed by atoms with E-state index in [4.69, 9.17) is 9.47 Å². The molecule has 2 fully saturated rings. The highest BCUT2D eigenvalue weighted by molar-refractivity contribution is 5.89. The van der Waals surface area contributed by atoms with Gasteiger partial charge in [0.2, 0.25) is 0 Å². The minimum absolute atomic E-state index is 0.0734. The lowest BCUT2D eigenvalue weighted by atomic mass is 9.66. The van der Waals surface area contributed by atoms with Crippen LogP contribution < -0.4 is 5.32 Å². The molecule has 1 aliphatic carbocycles. The van der Waals surface area contributed by atoms with Gasteiger partial charge in [0.15, 0.2) is 0 Å². The van der Waals surface area contributed by atoms with E-state index in [-0.39, 0.29) is 17.5 Å². The monoisotopic (exact) mass is 505 g/mol. The molecule has 2 heterocycles. The van der Waals surface area contributed by atoms with Crippen molar-refractivity contribution in [2.24, 2.45) is 5.41 Å². The van der Waals surface area contributed by atoms with Crippen molar-refractivity contribution in [1.82, 2.24) is 9.80 Å². The highest BCUT2D eigenvalue weighted by Gasteiger charge is 2.39. The van der Waals surface area contributed by atoms with Crippen LogP contribution in [0.25, 0.3) is 11.1 Å². The summed E-state index contributed by atoms with van der Waals surface area (Å²) in [6.07, 6.45) is 5.20. The van der Waals surface area contributed by atoms with E-state index in [1.165, 1.54) is 16.7 Å². The number of anilines is 1. The zero-order valence-electron chi connectivity index (χ0n) is 22.3. The second kappa shape index (κ2) is 10.4. The zero-order chi connectivity index (χ0) is 26.0. The number of hydrogen-bond acceptors (Lipinski definition) is 4. The first-order valence-corrected chi connectivity index (χ1v) is 13.5. The van der Waals surface area contributed by atoms with Crippen molar-refractivity contribution in [2.45, 2.75) is 58.5 Å². The Morgan fingerprint density at radius 1 is 0.865 bits per heavy atom. The first kappa shape index (κ1) is 25.6. The molecule has 0 saturated carbocycles. The van der Waals surface area contributed by atoms with Crippen LogP contribution in [0.4, 0.5) is 15.3 Å². The van der Waals surface area contributed by atoms with Gasteiger partial charge in [-0.05, 0) is 92.7 Å². The van der Waals surface area contributed by atoms with Crippen LogP contribution in [0.1, 0.15) is 51.2 Å². The molecule has 1 N–H and O–H groups in total. The number of benzene rings is 2. The van der Waals surface area contributed by atoms with Crippen LogP contribution in [-0.4, -0.2) is 66.9 Å². The quantitative estimate of drug-likeness (QED) is 0.566. The van der Waals surface area contributed by atoms with Crippen molar-refractivity contribution in [1.29, 1.82) is 0 Å². The Bertz CT molecular complexity index is 1120. The largest absolute Gasteiger partial charge is 0.444 e. The molecule has 3 amide bonds. The normalized spacial score (nSPS) is 19.3. The van der Waals surface area contributed by atoms with Gasteiger partial charge in [-0.25, -0.2) is 9.59 Å². The van der Waals surface area contributed by atoms with Crippen LogP contribution in [0, 0.1) is 5.41 Å². The lowest BCUT2D eigenvalue weighted by Gasteiger charge is -2.44. The van der Waals surface area contributed by atoms with Gasteiger partial charge in [-0.15, -0.1) is 0 Å². The molecule has 1 spiro atoms. The summed E-state index contributed by atoms with van der Waals surface area (Å²) in [4.78, 5) is 28.6. The van der Waals surface area contributed by atoms with Gasteiger partial charge in [0.1, 0.15) is 5.60 Å². The standard InChI is InChI=1S/C30H39N3O4/c1-29(2,3)37-28(35)33-14-12-30(13-15-33)11-10-24-20-23(4-5-25(24)21-30)22-6-8-26(9-7-22)31-27(34)32-16-18-36-19-17-32/h4-9,20H,10-19,21H2,1-3H3,(H,31,34). The van der Waals surface area contributed by atoms with E-state index in [0.717, 1.165) is 56.4 Å². The van der Waals surface area contributed by atoms with Crippen LogP contribution in [0.2, 0.25) is 0 Å². The van der Waals surface area contributed by atoms with E-state index in [1.807, 2.05) is 37.8 Å². The lowest BCUT2D eigenvalue weighted by molar-refractivity contribution is 0.00816. The fraction of sp³-hybridized carbons (Fsp3) is 0.533. The third-order valence-corrected chi connectivity index (χ3v) is 7.94. The number of nitrogens with one attached hydrogen (secondary N) is 1. The summed E-state index contributed by atoms with van der Waals surface area (Å²) in [7, 11) is 0. The number of carbonyl (C=O) groups excluding carboxylic acids is 2. The maximum atomic E-state index is 12.5. The summed E-state index contributed by atoms with van der Waals surface area (Å²) < 4.78 is 10.9. The van der Waals surface area contributed by atoms with Crippen LogP contribution in [-0.2, 0) is 22.3 Å². The highest BCUT2D eigenvalue weighted by Crippen LogP contribution is 2.44. The van der Waals surface area contributed by atoms with Gasteiger partial charge in [-0.2, -0.15) is 0 Å². The SMILES string of the molecule is CC(C)(C)OC(=O)N1CCC2(CCc3cc(-c4ccc(NC(=O)N5CCOCC5)cc4)ccc3C2)CC1. The molecule has 3 aliphatic rings. The molecule has 0 aromatic heterocycles. The highest BCUT2D eigenvalue weighted by atomic mass is 16.6. The van der Waals surface area contributed by atoms with Crippen LogP contribution >= 0.6 is 0 Å². The number of likely N-dealkylation sites (tertiary alicyclic amines) is 1. The Hall–Kier alpha value is -3.06. The van der Waals surface area contributed by atoms with E-state index in [2.05, 4.69) is 35.6 Å². The number of rotatable bonds is 2. The summed E-state index contributed by atoms with van der Waals surface area (Å²) in [5.41, 5.74) is 5.87. The number of piperidine rings is 1. The van der Waals surface area contributed by atoms with Gasteiger partial charge in [0, 0.05) is 31.9 Å². The fourth-order valence-corrected chi connectivity index (χ4v) is 5.73. The van der Waals surface area contributed by atoms with Crippen molar-refractivity contribution >= 4 is 17.8 Å². The summed E-state index contributed by atoms with van der Waals surface area (Å²) in [5, 5.41) is 2.99. The Kier molecular flexibility index (Phi) is 7.17. The molecule has 2 aromatic rings. The van der Waals surface area contributed by atoms with Gasteiger partial charge in [-0.1, -0.05) is 30.3 Å². The van der Waals surface area contributed by atoms with Crippen LogP contribution in [0.15, 0.2) is 42.5 Å². The van der Waals surface area contributed by atoms with Gasteiger partial charge < -0.3 is 24.6 Å². The number of urea groups is 1. The predicted molar refractivity (Wildman–Crippen MR) is 145 cm³/mol. The number of amides is 3. The predicted octanol–water partition coefficient (Wildman–Crippen LogP) is 5.72. The third-order valence-electron chi connectivity index (χ3n) is 7.94. The smallest absolute Gasteiger partial charge is 0.410 e. The lowest BCUT2D eigenvalue weighted by Crippen LogP contribution is -2.46. The minimum atomic E-state index is -0.453. The Balaban J connectivity index is 1.19. The molecule has 2 aliphatic heterocycles. The van der Waals surface area contributed by atoms with E-state index in [9.17, 15) is 9.59 Å². The number of fused-ring (bicyclic) bond motifs is 1. The molecule has 5 rings (SSSR count). The van der Waals surface area contributed by atoms with Crippen LogP contribution in [0.5, 0.6) is 0 Å². The number of aryl methyl sites for hydroxylation is 1. The number of hydrogen-bond donors (Lipinski definition) is 1. The second-order valence-electron chi connectivity index (χ2n) is 11.7. The fourth-order valence-electron chi connectivity index (χ4n) is 5.73. The van der Waals surface area contributed by atoms with Gasteiger partial charge >= 0.3 is 12.1 Å². The molecule has 2 saturated heterocycles. The molecular weight excluding hydrogens is 466 g/mol. The number of morpholine rings is 1. The summed E-state index contributed by atoms with van der Waals surface area (Å²) in [5.74, 6) is 0. The Morgan fingerprint density at radius 2 is 1.54 bits per heavy atom. The van der Waals surface area contributed by atoms with Crippen molar-refractivity contribution in [3.05, 3.63) is 53.6 Å². The molecule has 7 nitrogen and oxygen atoms in total. The summed E-state index contributed by atoms with van der Waals surface area (Å²) in [6, 6.07) is 14.9. The number of carbonyl (C=O) groups is 2. The number of nitrogens with zero attached hydrogens (tertiary/aromatic N) is 2. The van der Waals surface area contributed by atoms with E-state index in [1.54, 1.807) is 4.90 Å². The maximum absolute atomic E-state index is 12.5. The second-order valence-corrected chi connectivity index (χ2v) is 11.7. The summed E-state index contributed by atoms with van der Waals surface area (Å²) in [6.45, 7) is 9.75. The molecule has 0 unspecified atom stereocenters. The average Bonchev–Trinajstić information content (AvgIpc) is 2.89. The van der Waals surface area contributed by atoms with E-state index < -0.39 is 5.60 Å². The van der Waals surface area contributed by atoms with E-state index in [0.29, 0.717) is 26.3 Å². The molecule has 37 heavy (non-hydrogen) atoms. The molecule has 198 valence electrons. The van der Waals surface area contributed by atoms with Gasteiger partial charge in [0.05, 0.1) is 13.2 Å². The van der Waals surface area contributed by atoms with E-state index >= 15 is 0 Å². The van der Waals surface area contributed by atoms with Crippen LogP contribution in [0.3, 0.4) is 0 Å². The van der Waals surface area contributed by atoms with Crippen molar-refractivity contribution in [3.63, 3.8) is 0 Å². The minimum Gasteiger partial charge on any atom is -0.444 e. The molecule has 0 atom stereocenters. The van der Waals surface area contributed by atoms with Gasteiger partial charge in [-0.3, -0.25) is 0 Å². The van der Waals surface area contributed by atoms with Crippen molar-refractivity contribution < 1.29 is 19.1 Å². The molecule has 2 aromatic carbocycles. The first-order valence-electron chi connectivity index (χ1n) is 13.5. The topological polar surface area (TPSA) is 71.1 Å². The van der Waals surface area contributed by atoms with Crippen molar-refractivity contribution in [2.75, 3.05) is 44.7 Å². The average molecular weight is 506 g/mol. The Labute approximate surface area is 220 Å². The molecule has 0 bridgehead atoms. The number of ether oxygens (including phenoxy) is 2. The van der Waals surface area contributed by atoms with Gasteiger partial charge in [0.25, 0.3) is 0 Å². The molecule has 7 heteroatoms. The zero-order valence-corrected chi connectivity index (χ0v) is 22.3. The Morgan fingerprint density at radius 3 is 2.22 bits per heavy atom. The molecular formula is C30H39N3O4. The van der Waals surface area contributed by atoms with Crippen molar-refractivity contribution in [3.8, 4) is 11.1 Å². The maximum Gasteiger partial charge on any atom is 0.410 e. The first-order chi connectivity index (χ1) is 17.7.